The molecule has 1 N–H and O–H groups in total. The van der Waals surface area contributed by atoms with Gasteiger partial charge in [-0.05, 0) is 48.2 Å². The van der Waals surface area contributed by atoms with Gasteiger partial charge in [0.25, 0.3) is 0 Å². The molecule has 0 radical (unpaired) electrons. The molecule has 1 amide bonds. The predicted molar refractivity (Wildman–Crippen MR) is 86.2 cm³/mol. The molecule has 1 aliphatic rings. The van der Waals surface area contributed by atoms with Crippen LogP contribution in [0.1, 0.15) is 30.1 Å². The molecular weight excluding hydrogens is 312 g/mol. The Bertz CT molecular complexity index is 696. The molecule has 0 heterocycles. The zero-order chi connectivity index (χ0) is 17.1. The Labute approximate surface area is 139 Å². The van der Waals surface area contributed by atoms with Crippen LogP contribution < -0.4 is 0 Å². The molecular formula is C19H19F2NO2. The molecule has 1 saturated carbocycles. The highest BCUT2D eigenvalue weighted by molar-refractivity contribution is 5.79. The Morgan fingerprint density at radius 2 is 1.58 bits per heavy atom. The molecule has 3 nitrogen and oxygen atoms in total. The first-order chi connectivity index (χ1) is 11.5. The highest BCUT2D eigenvalue weighted by atomic mass is 19.1. The van der Waals surface area contributed by atoms with Gasteiger partial charge in [0.15, 0.2) is 0 Å². The van der Waals surface area contributed by atoms with Crippen molar-refractivity contribution in [3.63, 3.8) is 0 Å². The number of hydrogen-bond acceptors (Lipinski definition) is 2. The Hall–Kier alpha value is -2.27. The van der Waals surface area contributed by atoms with Gasteiger partial charge in [-0.15, -0.1) is 0 Å². The lowest BCUT2D eigenvalue weighted by Gasteiger charge is -2.25. The van der Waals surface area contributed by atoms with Crippen molar-refractivity contribution < 1.29 is 18.7 Å². The second kappa shape index (κ2) is 7.09. The first kappa shape index (κ1) is 16.6. The average molecular weight is 331 g/mol. The number of aliphatic hydroxyl groups is 1. The molecule has 24 heavy (non-hydrogen) atoms. The van der Waals surface area contributed by atoms with Crippen LogP contribution in [0.3, 0.4) is 0 Å². The second-order valence-corrected chi connectivity index (χ2v) is 6.15. The maximum Gasteiger partial charge on any atom is 0.227 e. The summed E-state index contributed by atoms with van der Waals surface area (Å²) >= 11 is 0. The third-order valence-electron chi connectivity index (χ3n) is 4.20. The number of amides is 1. The molecule has 0 aliphatic heterocycles. The first-order valence-electron chi connectivity index (χ1n) is 8.00. The zero-order valence-corrected chi connectivity index (χ0v) is 13.2. The molecule has 5 heteroatoms. The highest BCUT2D eigenvalue weighted by Crippen LogP contribution is 2.29. The van der Waals surface area contributed by atoms with E-state index in [4.69, 9.17) is 0 Å². The number of hydrogen-bond donors (Lipinski definition) is 1. The van der Waals surface area contributed by atoms with Gasteiger partial charge in [0, 0.05) is 6.04 Å². The molecule has 3 rings (SSSR count). The maximum absolute atomic E-state index is 13.0. The van der Waals surface area contributed by atoms with Crippen LogP contribution in [0.4, 0.5) is 8.78 Å². The number of rotatable bonds is 6. The normalized spacial score (nSPS) is 15.1. The van der Waals surface area contributed by atoms with E-state index in [0.29, 0.717) is 5.56 Å². The summed E-state index contributed by atoms with van der Waals surface area (Å²) in [5, 5.41) is 10.3. The minimum absolute atomic E-state index is 0.0923. The van der Waals surface area contributed by atoms with Crippen LogP contribution in [0.15, 0.2) is 48.5 Å². The van der Waals surface area contributed by atoms with Gasteiger partial charge in [-0.3, -0.25) is 4.79 Å². The van der Waals surface area contributed by atoms with Gasteiger partial charge in [0.2, 0.25) is 5.91 Å². The Kier molecular flexibility index (Phi) is 4.90. The lowest BCUT2D eigenvalue weighted by atomic mass is 10.1. The van der Waals surface area contributed by atoms with Crippen molar-refractivity contribution >= 4 is 5.91 Å². The third kappa shape index (κ3) is 4.17. The Morgan fingerprint density at radius 3 is 2.12 bits per heavy atom. The van der Waals surface area contributed by atoms with Crippen LogP contribution in [-0.4, -0.2) is 28.5 Å². The van der Waals surface area contributed by atoms with Crippen molar-refractivity contribution in [2.75, 3.05) is 6.54 Å². The second-order valence-electron chi connectivity index (χ2n) is 6.15. The van der Waals surface area contributed by atoms with Crippen molar-refractivity contribution in [2.24, 2.45) is 0 Å². The summed E-state index contributed by atoms with van der Waals surface area (Å²) < 4.78 is 25.9. The van der Waals surface area contributed by atoms with Crippen molar-refractivity contribution in [1.82, 2.24) is 4.90 Å². The molecule has 0 saturated heterocycles. The number of nitrogens with zero attached hydrogens (tertiary/aromatic N) is 1. The summed E-state index contributed by atoms with van der Waals surface area (Å²) in [5.74, 6) is -0.792. The van der Waals surface area contributed by atoms with Gasteiger partial charge in [0.05, 0.1) is 19.1 Å². The van der Waals surface area contributed by atoms with Gasteiger partial charge < -0.3 is 10.0 Å². The monoisotopic (exact) mass is 331 g/mol. The van der Waals surface area contributed by atoms with Crippen LogP contribution in [0, 0.1) is 11.6 Å². The van der Waals surface area contributed by atoms with Gasteiger partial charge >= 0.3 is 0 Å². The zero-order valence-electron chi connectivity index (χ0n) is 13.2. The summed E-state index contributed by atoms with van der Waals surface area (Å²) in [4.78, 5) is 14.2. The van der Waals surface area contributed by atoms with Crippen LogP contribution >= 0.6 is 0 Å². The Morgan fingerprint density at radius 1 is 1.04 bits per heavy atom. The largest absolute Gasteiger partial charge is 0.387 e. The summed E-state index contributed by atoms with van der Waals surface area (Å²) in [5.41, 5.74) is 1.32. The van der Waals surface area contributed by atoms with Gasteiger partial charge in [-0.1, -0.05) is 24.3 Å². The average Bonchev–Trinajstić information content (AvgIpc) is 3.40. The topological polar surface area (TPSA) is 40.5 Å². The molecule has 1 unspecified atom stereocenters. The minimum Gasteiger partial charge on any atom is -0.387 e. The summed E-state index contributed by atoms with van der Waals surface area (Å²) in [6, 6.07) is 11.6. The predicted octanol–water partition coefficient (Wildman–Crippen LogP) is 3.23. The summed E-state index contributed by atoms with van der Waals surface area (Å²) in [7, 11) is 0. The first-order valence-corrected chi connectivity index (χ1v) is 8.00. The fourth-order valence-electron chi connectivity index (χ4n) is 2.70. The van der Waals surface area contributed by atoms with Crippen molar-refractivity contribution in [1.29, 1.82) is 0 Å². The fraction of sp³-hybridized carbons (Fsp3) is 0.316. The molecule has 0 spiro atoms. The summed E-state index contributed by atoms with van der Waals surface area (Å²) in [6.07, 6.45) is 1.16. The SMILES string of the molecule is O=C(Cc1ccc(F)cc1)N(CC(O)c1ccc(F)cc1)C1CC1. The summed E-state index contributed by atoms with van der Waals surface area (Å²) in [6.45, 7) is 0.177. The van der Waals surface area contributed by atoms with Crippen molar-refractivity contribution in [2.45, 2.75) is 31.4 Å². The number of carbonyl (C=O) groups excluding carboxylic acids is 1. The molecule has 1 atom stereocenters. The van der Waals surface area contributed by atoms with E-state index < -0.39 is 6.10 Å². The quantitative estimate of drug-likeness (QED) is 0.883. The van der Waals surface area contributed by atoms with Crippen molar-refractivity contribution in [3.05, 3.63) is 71.3 Å². The number of benzene rings is 2. The minimum atomic E-state index is -0.858. The van der Waals surface area contributed by atoms with E-state index >= 15 is 0 Å². The molecule has 0 bridgehead atoms. The molecule has 126 valence electrons. The fourth-order valence-corrected chi connectivity index (χ4v) is 2.70. The van der Waals surface area contributed by atoms with Crippen LogP contribution in [0.5, 0.6) is 0 Å². The number of aliphatic hydroxyl groups excluding tert-OH is 1. The lowest BCUT2D eigenvalue weighted by molar-refractivity contribution is -0.132. The molecule has 2 aromatic rings. The van der Waals surface area contributed by atoms with Gasteiger partial charge in [-0.25, -0.2) is 8.78 Å². The third-order valence-corrected chi connectivity index (χ3v) is 4.20. The van der Waals surface area contributed by atoms with Gasteiger partial charge in [-0.2, -0.15) is 0 Å². The lowest BCUT2D eigenvalue weighted by Crippen LogP contribution is -2.37. The number of carbonyl (C=O) groups is 1. The van der Waals surface area contributed by atoms with E-state index in [1.807, 2.05) is 0 Å². The van der Waals surface area contributed by atoms with E-state index in [0.717, 1.165) is 18.4 Å². The van der Waals surface area contributed by atoms with E-state index in [2.05, 4.69) is 0 Å². The standard InChI is InChI=1S/C19H19F2NO2/c20-15-5-1-13(2-6-15)11-19(24)22(17-9-10-17)12-18(23)14-3-7-16(21)8-4-14/h1-8,17-18,23H,9-12H2. The van der Waals surface area contributed by atoms with E-state index in [9.17, 15) is 18.7 Å². The molecule has 1 fully saturated rings. The van der Waals surface area contributed by atoms with E-state index in [-0.39, 0.29) is 36.5 Å². The molecule has 0 aromatic heterocycles. The molecule has 2 aromatic carbocycles. The Balaban J connectivity index is 1.66. The maximum atomic E-state index is 13.0. The van der Waals surface area contributed by atoms with Crippen LogP contribution in [-0.2, 0) is 11.2 Å². The van der Waals surface area contributed by atoms with E-state index in [1.54, 1.807) is 17.0 Å². The van der Waals surface area contributed by atoms with Crippen LogP contribution in [0.25, 0.3) is 0 Å². The smallest absolute Gasteiger partial charge is 0.227 e. The molecule has 1 aliphatic carbocycles. The van der Waals surface area contributed by atoms with Gasteiger partial charge in [0.1, 0.15) is 11.6 Å². The number of halogens is 2. The highest BCUT2D eigenvalue weighted by Gasteiger charge is 2.33. The van der Waals surface area contributed by atoms with E-state index in [1.165, 1.54) is 36.4 Å². The van der Waals surface area contributed by atoms with Crippen LogP contribution in [0.2, 0.25) is 0 Å². The van der Waals surface area contributed by atoms with Crippen molar-refractivity contribution in [3.8, 4) is 0 Å².